The van der Waals surface area contributed by atoms with Crippen LogP contribution in [0.25, 0.3) is 0 Å². The highest BCUT2D eigenvalue weighted by Crippen LogP contribution is 2.18. The van der Waals surface area contributed by atoms with Crippen LogP contribution in [-0.2, 0) is 11.3 Å². The average Bonchev–Trinajstić information content (AvgIpc) is 2.61. The molecule has 0 aromatic heterocycles. The molecule has 1 aromatic rings. The van der Waals surface area contributed by atoms with Crippen LogP contribution < -0.4 is 15.4 Å². The van der Waals surface area contributed by atoms with Crippen LogP contribution in [0.15, 0.2) is 41.9 Å². The minimum Gasteiger partial charge on any atom is -0.489 e. The summed E-state index contributed by atoms with van der Waals surface area (Å²) in [6.45, 7) is 9.40. The maximum absolute atomic E-state index is 5.67. The van der Waals surface area contributed by atoms with Gasteiger partial charge in [0.2, 0.25) is 0 Å². The Bertz CT molecular complexity index is 489. The van der Waals surface area contributed by atoms with E-state index in [0.717, 1.165) is 56.2 Å². The molecule has 0 saturated heterocycles. The number of unbranched alkanes of at least 4 members (excludes halogenated alkanes) is 2. The number of hydrogen-bond acceptors (Lipinski definition) is 3. The molecule has 1 aromatic carbocycles. The van der Waals surface area contributed by atoms with Crippen molar-refractivity contribution in [2.75, 3.05) is 33.4 Å². The molecule has 0 atom stereocenters. The number of ether oxygens (including phenoxy) is 2. The lowest BCUT2D eigenvalue weighted by molar-refractivity contribution is 0.192. The van der Waals surface area contributed by atoms with Gasteiger partial charge in [-0.3, -0.25) is 0 Å². The van der Waals surface area contributed by atoms with Gasteiger partial charge in [-0.2, -0.15) is 0 Å². The first-order chi connectivity index (χ1) is 11.8. The highest BCUT2D eigenvalue weighted by atomic mass is 16.5. The molecule has 0 spiro atoms. The van der Waals surface area contributed by atoms with E-state index in [4.69, 9.17) is 9.47 Å². The summed E-state index contributed by atoms with van der Waals surface area (Å²) in [4.78, 5) is 4.65. The molecule has 0 saturated carbocycles. The van der Waals surface area contributed by atoms with Gasteiger partial charge in [0, 0.05) is 32.4 Å². The third kappa shape index (κ3) is 8.58. The Morgan fingerprint density at radius 1 is 1.21 bits per heavy atom. The average molecular weight is 333 g/mol. The fraction of sp³-hybridized carbons (Fsp3) is 0.526. The monoisotopic (exact) mass is 333 g/mol. The maximum atomic E-state index is 5.67. The Labute approximate surface area is 146 Å². The first-order valence-corrected chi connectivity index (χ1v) is 8.64. The van der Waals surface area contributed by atoms with Gasteiger partial charge >= 0.3 is 0 Å². The lowest BCUT2D eigenvalue weighted by Crippen LogP contribution is -2.37. The van der Waals surface area contributed by atoms with Crippen LogP contribution >= 0.6 is 0 Å². The fourth-order valence-corrected chi connectivity index (χ4v) is 2.18. The molecule has 0 bridgehead atoms. The number of benzene rings is 1. The zero-order chi connectivity index (χ0) is 17.5. The van der Waals surface area contributed by atoms with Crippen molar-refractivity contribution in [3.05, 3.63) is 42.5 Å². The molecule has 24 heavy (non-hydrogen) atoms. The molecule has 0 fully saturated rings. The first-order valence-electron chi connectivity index (χ1n) is 8.64. The van der Waals surface area contributed by atoms with E-state index < -0.39 is 0 Å². The SMILES string of the molecule is C=CCOc1ccccc1CN=C(NCC)NCCCCCOC. The standard InChI is InChI=1S/C19H31N3O2/c1-4-14-24-18-12-8-7-11-17(18)16-22-19(20-5-2)21-13-9-6-10-15-23-3/h4,7-8,11-12H,1,5-6,9-10,13-16H2,2-3H3,(H2,20,21,22). The normalized spacial score (nSPS) is 11.2. The number of para-hydroxylation sites is 1. The van der Waals surface area contributed by atoms with Gasteiger partial charge in [-0.05, 0) is 32.3 Å². The summed E-state index contributed by atoms with van der Waals surface area (Å²) in [6.07, 6.45) is 5.10. The van der Waals surface area contributed by atoms with Gasteiger partial charge in [-0.15, -0.1) is 0 Å². The van der Waals surface area contributed by atoms with Gasteiger partial charge in [-0.1, -0.05) is 30.9 Å². The molecule has 0 radical (unpaired) electrons. The van der Waals surface area contributed by atoms with Crippen molar-refractivity contribution >= 4 is 5.96 Å². The van der Waals surface area contributed by atoms with E-state index in [1.807, 2.05) is 24.3 Å². The molecular weight excluding hydrogens is 302 g/mol. The predicted octanol–water partition coefficient (Wildman–Crippen LogP) is 3.12. The van der Waals surface area contributed by atoms with E-state index in [0.29, 0.717) is 13.2 Å². The van der Waals surface area contributed by atoms with Crippen molar-refractivity contribution in [1.82, 2.24) is 10.6 Å². The van der Waals surface area contributed by atoms with Crippen LogP contribution in [0.5, 0.6) is 5.75 Å². The molecule has 0 aliphatic carbocycles. The molecule has 1 rings (SSSR count). The zero-order valence-corrected chi connectivity index (χ0v) is 15.0. The van der Waals surface area contributed by atoms with Crippen LogP contribution in [0.4, 0.5) is 0 Å². The Morgan fingerprint density at radius 2 is 2.04 bits per heavy atom. The summed E-state index contributed by atoms with van der Waals surface area (Å²) in [6, 6.07) is 7.97. The van der Waals surface area contributed by atoms with E-state index >= 15 is 0 Å². The van der Waals surface area contributed by atoms with Crippen molar-refractivity contribution in [2.45, 2.75) is 32.7 Å². The first kappa shape index (κ1) is 20.0. The van der Waals surface area contributed by atoms with Crippen LogP contribution in [0, 0.1) is 0 Å². The predicted molar refractivity (Wildman–Crippen MR) is 101 cm³/mol. The van der Waals surface area contributed by atoms with E-state index in [1.165, 1.54) is 0 Å². The third-order valence-electron chi connectivity index (χ3n) is 3.40. The Hall–Kier alpha value is -2.01. The molecular formula is C19H31N3O2. The molecule has 0 unspecified atom stereocenters. The van der Waals surface area contributed by atoms with Crippen molar-refractivity contribution in [3.8, 4) is 5.75 Å². The number of nitrogens with zero attached hydrogens (tertiary/aromatic N) is 1. The Kier molecular flexibility index (Phi) is 11.2. The largest absolute Gasteiger partial charge is 0.489 e. The van der Waals surface area contributed by atoms with Gasteiger partial charge < -0.3 is 20.1 Å². The van der Waals surface area contributed by atoms with E-state index in [1.54, 1.807) is 13.2 Å². The summed E-state index contributed by atoms with van der Waals surface area (Å²) < 4.78 is 10.7. The highest BCUT2D eigenvalue weighted by molar-refractivity contribution is 5.79. The smallest absolute Gasteiger partial charge is 0.191 e. The highest BCUT2D eigenvalue weighted by Gasteiger charge is 2.03. The number of nitrogens with one attached hydrogen (secondary N) is 2. The minimum absolute atomic E-state index is 0.501. The number of methoxy groups -OCH3 is 1. The molecule has 134 valence electrons. The molecule has 5 heteroatoms. The number of rotatable bonds is 12. The minimum atomic E-state index is 0.501. The van der Waals surface area contributed by atoms with Gasteiger partial charge in [-0.25, -0.2) is 4.99 Å². The summed E-state index contributed by atoms with van der Waals surface area (Å²) in [5, 5.41) is 6.65. The summed E-state index contributed by atoms with van der Waals surface area (Å²) in [7, 11) is 1.74. The number of aliphatic imine (C=N–C) groups is 1. The fourth-order valence-electron chi connectivity index (χ4n) is 2.18. The Balaban J connectivity index is 2.51. The lowest BCUT2D eigenvalue weighted by Gasteiger charge is -2.12. The third-order valence-corrected chi connectivity index (χ3v) is 3.40. The topological polar surface area (TPSA) is 54.9 Å². The molecule has 0 heterocycles. The zero-order valence-electron chi connectivity index (χ0n) is 15.0. The molecule has 0 amide bonds. The second-order valence-electron chi connectivity index (χ2n) is 5.38. The van der Waals surface area contributed by atoms with Crippen molar-refractivity contribution in [3.63, 3.8) is 0 Å². The van der Waals surface area contributed by atoms with E-state index in [-0.39, 0.29) is 0 Å². The summed E-state index contributed by atoms with van der Waals surface area (Å²) in [5.74, 6) is 1.69. The van der Waals surface area contributed by atoms with Gasteiger partial charge in [0.15, 0.2) is 5.96 Å². The summed E-state index contributed by atoms with van der Waals surface area (Å²) in [5.41, 5.74) is 1.07. The molecule has 0 aliphatic rings. The van der Waals surface area contributed by atoms with Crippen LogP contribution in [-0.4, -0.2) is 39.4 Å². The molecule has 0 aliphatic heterocycles. The van der Waals surface area contributed by atoms with Gasteiger partial charge in [0.25, 0.3) is 0 Å². The molecule has 5 nitrogen and oxygen atoms in total. The molecule has 2 N–H and O–H groups in total. The van der Waals surface area contributed by atoms with Crippen LogP contribution in [0.2, 0.25) is 0 Å². The summed E-state index contributed by atoms with van der Waals surface area (Å²) >= 11 is 0. The number of hydrogen-bond donors (Lipinski definition) is 2. The lowest BCUT2D eigenvalue weighted by atomic mass is 10.2. The van der Waals surface area contributed by atoms with Crippen molar-refractivity contribution in [2.24, 2.45) is 4.99 Å². The second-order valence-corrected chi connectivity index (χ2v) is 5.38. The van der Waals surface area contributed by atoms with E-state index in [2.05, 4.69) is 29.1 Å². The van der Waals surface area contributed by atoms with E-state index in [9.17, 15) is 0 Å². The van der Waals surface area contributed by atoms with Crippen molar-refractivity contribution in [1.29, 1.82) is 0 Å². The quantitative estimate of drug-likeness (QED) is 0.267. The second kappa shape index (κ2) is 13.4. The van der Waals surface area contributed by atoms with Gasteiger partial charge in [0.05, 0.1) is 6.54 Å². The number of guanidine groups is 1. The Morgan fingerprint density at radius 3 is 2.79 bits per heavy atom. The maximum Gasteiger partial charge on any atom is 0.191 e. The van der Waals surface area contributed by atoms with Crippen LogP contribution in [0.3, 0.4) is 0 Å². The van der Waals surface area contributed by atoms with Crippen molar-refractivity contribution < 1.29 is 9.47 Å². The van der Waals surface area contributed by atoms with Crippen LogP contribution in [0.1, 0.15) is 31.7 Å². The van der Waals surface area contributed by atoms with Gasteiger partial charge in [0.1, 0.15) is 12.4 Å².